The van der Waals surface area contributed by atoms with Gasteiger partial charge in [-0.1, -0.05) is 111 Å². The fourth-order valence-corrected chi connectivity index (χ4v) is 3.47. The highest BCUT2D eigenvalue weighted by Gasteiger charge is 2.14. The van der Waals surface area contributed by atoms with Gasteiger partial charge in [0.15, 0.2) is 0 Å². The lowest BCUT2D eigenvalue weighted by Gasteiger charge is -2.22. The first-order valence-corrected chi connectivity index (χ1v) is 10.5. The molecular weight excluding hydrogens is 266 g/mol. The van der Waals surface area contributed by atoms with Crippen LogP contribution in [0.15, 0.2) is 0 Å². The molecular formula is C21H45N. The van der Waals surface area contributed by atoms with Crippen molar-refractivity contribution in [1.29, 1.82) is 0 Å². The molecule has 0 heterocycles. The van der Waals surface area contributed by atoms with Crippen molar-refractivity contribution in [3.8, 4) is 0 Å². The van der Waals surface area contributed by atoms with Gasteiger partial charge in [-0.3, -0.25) is 0 Å². The van der Waals surface area contributed by atoms with Gasteiger partial charge in [-0.2, -0.15) is 0 Å². The Morgan fingerprint density at radius 2 is 1.00 bits per heavy atom. The van der Waals surface area contributed by atoms with Crippen molar-refractivity contribution >= 4 is 0 Å². The predicted octanol–water partition coefficient (Wildman–Crippen LogP) is 7.23. The molecule has 2 unspecified atom stereocenters. The van der Waals surface area contributed by atoms with E-state index in [2.05, 4.69) is 20.8 Å². The van der Waals surface area contributed by atoms with Crippen LogP contribution in [0, 0.1) is 5.92 Å². The maximum absolute atomic E-state index is 6.39. The summed E-state index contributed by atoms with van der Waals surface area (Å²) in [6.45, 7) is 6.88. The van der Waals surface area contributed by atoms with Gasteiger partial charge in [-0.05, 0) is 18.8 Å². The Morgan fingerprint density at radius 1 is 0.545 bits per heavy atom. The van der Waals surface area contributed by atoms with Crippen molar-refractivity contribution in [2.24, 2.45) is 11.7 Å². The summed E-state index contributed by atoms with van der Waals surface area (Å²) in [7, 11) is 0. The van der Waals surface area contributed by atoms with Gasteiger partial charge in [-0.15, -0.1) is 0 Å². The Balaban J connectivity index is 3.33. The molecule has 1 heteroatoms. The van der Waals surface area contributed by atoms with Crippen LogP contribution in [-0.2, 0) is 0 Å². The number of rotatable bonds is 17. The molecule has 2 atom stereocenters. The van der Waals surface area contributed by atoms with Crippen LogP contribution in [0.3, 0.4) is 0 Å². The average Bonchev–Trinajstić information content (AvgIpc) is 2.53. The lowest BCUT2D eigenvalue weighted by atomic mass is 9.88. The van der Waals surface area contributed by atoms with E-state index >= 15 is 0 Å². The highest BCUT2D eigenvalue weighted by molar-refractivity contribution is 4.72. The van der Waals surface area contributed by atoms with Crippen LogP contribution in [-0.4, -0.2) is 6.04 Å². The predicted molar refractivity (Wildman–Crippen MR) is 102 cm³/mol. The Morgan fingerprint density at radius 3 is 1.45 bits per heavy atom. The Bertz CT molecular complexity index is 202. The summed E-state index contributed by atoms with van der Waals surface area (Å²) in [6, 6.07) is 0.454. The normalized spacial score (nSPS) is 14.2. The quantitative estimate of drug-likeness (QED) is 0.282. The third-order valence-electron chi connectivity index (χ3n) is 5.20. The minimum Gasteiger partial charge on any atom is -0.327 e. The first kappa shape index (κ1) is 22.0. The molecule has 2 N–H and O–H groups in total. The van der Waals surface area contributed by atoms with Crippen LogP contribution in [0.2, 0.25) is 0 Å². The van der Waals surface area contributed by atoms with Crippen molar-refractivity contribution in [2.75, 3.05) is 0 Å². The molecule has 0 aliphatic carbocycles. The molecule has 0 aromatic carbocycles. The topological polar surface area (TPSA) is 26.0 Å². The van der Waals surface area contributed by atoms with Crippen molar-refractivity contribution < 1.29 is 0 Å². The molecule has 0 aliphatic rings. The lowest BCUT2D eigenvalue weighted by Crippen LogP contribution is -2.29. The Labute approximate surface area is 141 Å². The summed E-state index contributed by atoms with van der Waals surface area (Å²) >= 11 is 0. The summed E-state index contributed by atoms with van der Waals surface area (Å²) in [6.07, 6.45) is 22.2. The van der Waals surface area contributed by atoms with Crippen LogP contribution >= 0.6 is 0 Å². The lowest BCUT2D eigenvalue weighted by molar-refractivity contribution is 0.346. The zero-order valence-electron chi connectivity index (χ0n) is 16.0. The molecule has 0 saturated carbocycles. The van der Waals surface area contributed by atoms with Gasteiger partial charge in [0.2, 0.25) is 0 Å². The monoisotopic (exact) mass is 311 g/mol. The minimum absolute atomic E-state index is 0.454. The number of hydrogen-bond donors (Lipinski definition) is 1. The van der Waals surface area contributed by atoms with Crippen LogP contribution in [0.4, 0.5) is 0 Å². The van der Waals surface area contributed by atoms with E-state index in [1.165, 1.54) is 103 Å². The number of hydrogen-bond acceptors (Lipinski definition) is 1. The SMILES string of the molecule is CCCCCCCCCCCCCC(N)C(CC)CCCC. The van der Waals surface area contributed by atoms with Gasteiger partial charge < -0.3 is 5.73 Å². The van der Waals surface area contributed by atoms with E-state index in [4.69, 9.17) is 5.73 Å². The van der Waals surface area contributed by atoms with E-state index in [1.807, 2.05) is 0 Å². The standard InChI is InChI=1S/C21H45N/c1-4-7-9-10-11-12-13-14-15-16-17-19-21(22)20(6-3)18-8-5-2/h20-21H,4-19,22H2,1-3H3. The van der Waals surface area contributed by atoms with Gasteiger partial charge in [0, 0.05) is 6.04 Å². The second-order valence-electron chi connectivity index (χ2n) is 7.30. The summed E-state index contributed by atoms with van der Waals surface area (Å²) in [5.74, 6) is 0.767. The smallest absolute Gasteiger partial charge is 0.00670 e. The second kappa shape index (κ2) is 17.3. The largest absolute Gasteiger partial charge is 0.327 e. The van der Waals surface area contributed by atoms with Gasteiger partial charge >= 0.3 is 0 Å². The maximum Gasteiger partial charge on any atom is 0.00670 e. The van der Waals surface area contributed by atoms with Gasteiger partial charge in [0.05, 0.1) is 0 Å². The van der Waals surface area contributed by atoms with Crippen molar-refractivity contribution in [1.82, 2.24) is 0 Å². The van der Waals surface area contributed by atoms with Crippen molar-refractivity contribution in [3.63, 3.8) is 0 Å². The van der Waals surface area contributed by atoms with E-state index < -0.39 is 0 Å². The molecule has 22 heavy (non-hydrogen) atoms. The van der Waals surface area contributed by atoms with Crippen LogP contribution < -0.4 is 5.73 Å². The zero-order valence-corrected chi connectivity index (χ0v) is 16.0. The van der Waals surface area contributed by atoms with E-state index in [0.29, 0.717) is 6.04 Å². The number of nitrogens with two attached hydrogens (primary N) is 1. The molecule has 1 nitrogen and oxygen atoms in total. The van der Waals surface area contributed by atoms with E-state index in [0.717, 1.165) is 5.92 Å². The molecule has 0 radical (unpaired) electrons. The van der Waals surface area contributed by atoms with E-state index in [1.54, 1.807) is 0 Å². The summed E-state index contributed by atoms with van der Waals surface area (Å²) in [5, 5.41) is 0. The van der Waals surface area contributed by atoms with Gasteiger partial charge in [0.1, 0.15) is 0 Å². The summed E-state index contributed by atoms with van der Waals surface area (Å²) < 4.78 is 0. The molecule has 0 saturated heterocycles. The van der Waals surface area contributed by atoms with E-state index in [-0.39, 0.29) is 0 Å². The molecule has 0 aromatic heterocycles. The maximum atomic E-state index is 6.39. The molecule has 0 spiro atoms. The minimum atomic E-state index is 0.454. The fourth-order valence-electron chi connectivity index (χ4n) is 3.47. The average molecular weight is 312 g/mol. The Hall–Kier alpha value is -0.0400. The van der Waals surface area contributed by atoms with Crippen molar-refractivity contribution in [2.45, 2.75) is 130 Å². The first-order valence-electron chi connectivity index (χ1n) is 10.5. The summed E-state index contributed by atoms with van der Waals surface area (Å²) in [4.78, 5) is 0. The van der Waals surface area contributed by atoms with Crippen LogP contribution in [0.5, 0.6) is 0 Å². The van der Waals surface area contributed by atoms with Crippen molar-refractivity contribution in [3.05, 3.63) is 0 Å². The first-order chi connectivity index (χ1) is 10.8. The molecule has 0 fully saturated rings. The molecule has 0 rings (SSSR count). The molecule has 0 aliphatic heterocycles. The van der Waals surface area contributed by atoms with E-state index in [9.17, 15) is 0 Å². The number of unbranched alkanes of at least 4 members (excludes halogenated alkanes) is 11. The molecule has 0 amide bonds. The summed E-state index contributed by atoms with van der Waals surface area (Å²) in [5.41, 5.74) is 6.39. The highest BCUT2D eigenvalue weighted by Crippen LogP contribution is 2.20. The van der Waals surface area contributed by atoms with Crippen LogP contribution in [0.25, 0.3) is 0 Å². The van der Waals surface area contributed by atoms with Gasteiger partial charge in [-0.25, -0.2) is 0 Å². The third-order valence-corrected chi connectivity index (χ3v) is 5.20. The Kier molecular flexibility index (Phi) is 17.3. The highest BCUT2D eigenvalue weighted by atomic mass is 14.6. The molecule has 0 aromatic rings. The van der Waals surface area contributed by atoms with Gasteiger partial charge in [0.25, 0.3) is 0 Å². The third kappa shape index (κ3) is 13.6. The molecule has 134 valence electrons. The fraction of sp³-hybridized carbons (Fsp3) is 1.00. The van der Waals surface area contributed by atoms with Crippen LogP contribution in [0.1, 0.15) is 124 Å². The zero-order chi connectivity index (χ0) is 16.5. The molecule has 0 bridgehead atoms. The second-order valence-corrected chi connectivity index (χ2v) is 7.30.